The molecule has 0 radical (unpaired) electrons. The summed E-state index contributed by atoms with van der Waals surface area (Å²) in [7, 11) is 1.86. The Morgan fingerprint density at radius 3 is 2.80 bits per heavy atom. The van der Waals surface area contributed by atoms with Crippen LogP contribution in [0.3, 0.4) is 0 Å². The van der Waals surface area contributed by atoms with E-state index in [1.54, 1.807) is 0 Å². The summed E-state index contributed by atoms with van der Waals surface area (Å²) in [6, 6.07) is 8.71. The van der Waals surface area contributed by atoms with Crippen LogP contribution in [-0.4, -0.2) is 23.1 Å². The van der Waals surface area contributed by atoms with Gasteiger partial charge in [-0.05, 0) is 30.9 Å². The molecule has 1 aromatic heterocycles. The number of nitrogens with zero attached hydrogens (tertiary/aromatic N) is 2. The van der Waals surface area contributed by atoms with Crippen LogP contribution in [0.15, 0.2) is 24.3 Å². The molecule has 1 heterocycles. The molecule has 0 bridgehead atoms. The number of fused-ring (bicyclic) bond motifs is 1. The normalized spacial score (nSPS) is 22.7. The lowest BCUT2D eigenvalue weighted by molar-refractivity contribution is 0.358. The van der Waals surface area contributed by atoms with Crippen molar-refractivity contribution in [1.29, 1.82) is 0 Å². The van der Waals surface area contributed by atoms with Crippen LogP contribution < -0.4 is 10.6 Å². The second-order valence-electron chi connectivity index (χ2n) is 5.78. The molecule has 20 heavy (non-hydrogen) atoms. The molecule has 4 nitrogen and oxygen atoms in total. The van der Waals surface area contributed by atoms with Gasteiger partial charge in [0.1, 0.15) is 5.82 Å². The first kappa shape index (κ1) is 13.2. The van der Waals surface area contributed by atoms with E-state index in [-0.39, 0.29) is 0 Å². The van der Waals surface area contributed by atoms with E-state index in [1.165, 1.54) is 25.7 Å². The standard InChI is InChI=1S/C16H22N4/c1-11-6-5-7-12(10-11)18-15-13-8-3-4-9-14(13)19-16(17-2)20-15/h3-4,8-9,11-12H,5-7,10H2,1-2H3,(H2,17,18,19,20). The lowest BCUT2D eigenvalue weighted by Crippen LogP contribution is -2.26. The molecule has 2 atom stereocenters. The highest BCUT2D eigenvalue weighted by Gasteiger charge is 2.20. The maximum Gasteiger partial charge on any atom is 0.224 e. The van der Waals surface area contributed by atoms with E-state index < -0.39 is 0 Å². The third-order valence-electron chi connectivity index (χ3n) is 4.10. The van der Waals surface area contributed by atoms with Crippen LogP contribution in [0.1, 0.15) is 32.6 Å². The van der Waals surface area contributed by atoms with Crippen molar-refractivity contribution in [2.45, 2.75) is 38.6 Å². The van der Waals surface area contributed by atoms with Crippen molar-refractivity contribution in [2.75, 3.05) is 17.7 Å². The lowest BCUT2D eigenvalue weighted by Gasteiger charge is -2.28. The zero-order chi connectivity index (χ0) is 13.9. The first-order valence-electron chi connectivity index (χ1n) is 7.47. The van der Waals surface area contributed by atoms with E-state index in [0.717, 1.165) is 22.6 Å². The Morgan fingerprint density at radius 1 is 1.15 bits per heavy atom. The fourth-order valence-corrected chi connectivity index (χ4v) is 3.06. The van der Waals surface area contributed by atoms with Gasteiger partial charge < -0.3 is 10.6 Å². The number of para-hydroxylation sites is 1. The minimum Gasteiger partial charge on any atom is -0.367 e. The van der Waals surface area contributed by atoms with E-state index in [4.69, 9.17) is 0 Å². The minimum absolute atomic E-state index is 0.529. The average molecular weight is 270 g/mol. The van der Waals surface area contributed by atoms with Crippen LogP contribution in [-0.2, 0) is 0 Å². The molecule has 1 aliphatic carbocycles. The lowest BCUT2D eigenvalue weighted by atomic mass is 9.87. The van der Waals surface area contributed by atoms with Gasteiger partial charge in [-0.2, -0.15) is 4.98 Å². The summed E-state index contributed by atoms with van der Waals surface area (Å²) in [4.78, 5) is 9.11. The maximum absolute atomic E-state index is 4.61. The second kappa shape index (κ2) is 5.65. The third kappa shape index (κ3) is 2.69. The van der Waals surface area contributed by atoms with Gasteiger partial charge >= 0.3 is 0 Å². The van der Waals surface area contributed by atoms with E-state index in [0.29, 0.717) is 12.0 Å². The Bertz CT molecular complexity index is 596. The summed E-state index contributed by atoms with van der Waals surface area (Å²) < 4.78 is 0. The molecule has 2 aromatic rings. The SMILES string of the molecule is CNc1nc(NC2CCCC(C)C2)c2ccccc2n1. The van der Waals surface area contributed by atoms with Crippen LogP contribution in [0, 0.1) is 5.92 Å². The number of anilines is 2. The minimum atomic E-state index is 0.529. The first-order chi connectivity index (χ1) is 9.76. The smallest absolute Gasteiger partial charge is 0.224 e. The summed E-state index contributed by atoms with van der Waals surface area (Å²) in [6.07, 6.45) is 5.12. The van der Waals surface area contributed by atoms with Crippen LogP contribution in [0.4, 0.5) is 11.8 Å². The molecule has 0 amide bonds. The summed E-state index contributed by atoms with van der Waals surface area (Å²) in [5.74, 6) is 2.44. The largest absolute Gasteiger partial charge is 0.367 e. The van der Waals surface area contributed by atoms with Crippen molar-refractivity contribution in [3.63, 3.8) is 0 Å². The van der Waals surface area contributed by atoms with Gasteiger partial charge in [0.15, 0.2) is 0 Å². The van der Waals surface area contributed by atoms with Crippen LogP contribution in [0.5, 0.6) is 0 Å². The molecular formula is C16H22N4. The number of nitrogens with one attached hydrogen (secondary N) is 2. The Balaban J connectivity index is 1.93. The molecule has 1 aromatic carbocycles. The van der Waals surface area contributed by atoms with Gasteiger partial charge in [-0.1, -0.05) is 31.9 Å². The molecule has 4 heteroatoms. The fourth-order valence-electron chi connectivity index (χ4n) is 3.06. The third-order valence-corrected chi connectivity index (χ3v) is 4.10. The first-order valence-corrected chi connectivity index (χ1v) is 7.47. The molecule has 1 saturated carbocycles. The van der Waals surface area contributed by atoms with Crippen molar-refractivity contribution in [3.05, 3.63) is 24.3 Å². The molecule has 0 spiro atoms. The quantitative estimate of drug-likeness (QED) is 0.893. The molecule has 3 rings (SSSR count). The molecule has 1 fully saturated rings. The Kier molecular flexibility index (Phi) is 3.72. The monoisotopic (exact) mass is 270 g/mol. The van der Waals surface area contributed by atoms with Gasteiger partial charge in [0, 0.05) is 18.5 Å². The van der Waals surface area contributed by atoms with Gasteiger partial charge in [-0.3, -0.25) is 0 Å². The molecule has 0 aliphatic heterocycles. The molecular weight excluding hydrogens is 248 g/mol. The number of aromatic nitrogens is 2. The highest BCUT2D eigenvalue weighted by atomic mass is 15.1. The molecule has 2 N–H and O–H groups in total. The number of benzene rings is 1. The predicted molar refractivity (Wildman–Crippen MR) is 84.1 cm³/mol. The summed E-state index contributed by atoms with van der Waals surface area (Å²) >= 11 is 0. The Morgan fingerprint density at radius 2 is 2.00 bits per heavy atom. The van der Waals surface area contributed by atoms with E-state index in [1.807, 2.05) is 25.2 Å². The molecule has 0 saturated heterocycles. The van der Waals surface area contributed by atoms with Gasteiger partial charge in [0.2, 0.25) is 5.95 Å². The summed E-state index contributed by atoms with van der Waals surface area (Å²) in [5, 5.41) is 7.78. The fraction of sp³-hybridized carbons (Fsp3) is 0.500. The summed E-state index contributed by atoms with van der Waals surface area (Å²) in [6.45, 7) is 2.34. The van der Waals surface area contributed by atoms with Crippen LogP contribution in [0.25, 0.3) is 10.9 Å². The highest BCUT2D eigenvalue weighted by Crippen LogP contribution is 2.28. The molecule has 1 aliphatic rings. The molecule has 2 unspecified atom stereocenters. The van der Waals surface area contributed by atoms with Crippen molar-refractivity contribution in [1.82, 2.24) is 9.97 Å². The Labute approximate surface area is 120 Å². The van der Waals surface area contributed by atoms with Gasteiger partial charge in [0.25, 0.3) is 0 Å². The van der Waals surface area contributed by atoms with Crippen molar-refractivity contribution >= 4 is 22.7 Å². The Hall–Kier alpha value is -1.84. The number of hydrogen-bond acceptors (Lipinski definition) is 4. The van der Waals surface area contributed by atoms with Gasteiger partial charge in [-0.25, -0.2) is 4.98 Å². The van der Waals surface area contributed by atoms with E-state index in [9.17, 15) is 0 Å². The van der Waals surface area contributed by atoms with Crippen LogP contribution >= 0.6 is 0 Å². The average Bonchev–Trinajstić information content (AvgIpc) is 2.47. The second-order valence-corrected chi connectivity index (χ2v) is 5.78. The summed E-state index contributed by atoms with van der Waals surface area (Å²) in [5.41, 5.74) is 0.984. The van der Waals surface area contributed by atoms with Gasteiger partial charge in [0.05, 0.1) is 5.52 Å². The topological polar surface area (TPSA) is 49.8 Å². The predicted octanol–water partition coefficient (Wildman–Crippen LogP) is 3.66. The zero-order valence-corrected chi connectivity index (χ0v) is 12.2. The van der Waals surface area contributed by atoms with Crippen LogP contribution in [0.2, 0.25) is 0 Å². The van der Waals surface area contributed by atoms with Crippen molar-refractivity contribution in [2.24, 2.45) is 5.92 Å². The molecule has 106 valence electrons. The van der Waals surface area contributed by atoms with E-state index in [2.05, 4.69) is 33.6 Å². The van der Waals surface area contributed by atoms with Crippen molar-refractivity contribution < 1.29 is 0 Å². The number of hydrogen-bond donors (Lipinski definition) is 2. The maximum atomic E-state index is 4.61. The zero-order valence-electron chi connectivity index (χ0n) is 12.2. The van der Waals surface area contributed by atoms with Gasteiger partial charge in [-0.15, -0.1) is 0 Å². The van der Waals surface area contributed by atoms with Crippen molar-refractivity contribution in [3.8, 4) is 0 Å². The van der Waals surface area contributed by atoms with E-state index >= 15 is 0 Å². The number of rotatable bonds is 3. The highest BCUT2D eigenvalue weighted by molar-refractivity contribution is 5.90.